The Balaban J connectivity index is 2.34. The van der Waals surface area contributed by atoms with Crippen LogP contribution in [-0.4, -0.2) is 15.5 Å². The van der Waals surface area contributed by atoms with Crippen molar-refractivity contribution in [3.05, 3.63) is 46.7 Å². The maximum atomic E-state index is 12.0. The lowest BCUT2D eigenvalue weighted by Crippen LogP contribution is -2.21. The van der Waals surface area contributed by atoms with E-state index in [4.69, 9.17) is 0 Å². The molecule has 20 heavy (non-hydrogen) atoms. The quantitative estimate of drug-likeness (QED) is 0.861. The van der Waals surface area contributed by atoms with Gasteiger partial charge in [0.05, 0.1) is 11.7 Å². The van der Waals surface area contributed by atoms with Gasteiger partial charge in [-0.2, -0.15) is 0 Å². The van der Waals surface area contributed by atoms with Crippen molar-refractivity contribution < 1.29 is 8.42 Å². The van der Waals surface area contributed by atoms with Crippen molar-refractivity contribution in [3.63, 3.8) is 0 Å². The third-order valence-electron chi connectivity index (χ3n) is 3.07. The summed E-state index contributed by atoms with van der Waals surface area (Å²) in [6.07, 6.45) is 0.883. The Bertz CT molecular complexity index is 652. The zero-order valence-electron chi connectivity index (χ0n) is 11.5. The van der Waals surface area contributed by atoms with Gasteiger partial charge in [0.2, 0.25) is 10.0 Å². The predicted octanol–water partition coefficient (Wildman–Crippen LogP) is 3.22. The van der Waals surface area contributed by atoms with Gasteiger partial charge in [0.1, 0.15) is 4.90 Å². The second kappa shape index (κ2) is 6.39. The molecule has 2 rings (SSSR count). The summed E-state index contributed by atoms with van der Waals surface area (Å²) in [5, 5.41) is 5.36. The summed E-state index contributed by atoms with van der Waals surface area (Å²) >= 11 is 1.67. The highest BCUT2D eigenvalue weighted by molar-refractivity contribution is 7.89. The smallest absolute Gasteiger partial charge is 0.242 e. The third-order valence-corrected chi connectivity index (χ3v) is 5.53. The Morgan fingerprint density at radius 1 is 1.20 bits per heavy atom. The minimum absolute atomic E-state index is 0.114. The van der Waals surface area contributed by atoms with Gasteiger partial charge in [0.15, 0.2) is 0 Å². The Morgan fingerprint density at radius 2 is 1.95 bits per heavy atom. The van der Waals surface area contributed by atoms with Gasteiger partial charge in [-0.1, -0.05) is 25.1 Å². The fraction of sp³-hybridized carbons (Fsp3) is 0.286. The molecule has 0 aliphatic rings. The number of rotatable bonds is 6. The molecule has 0 aliphatic heterocycles. The summed E-state index contributed by atoms with van der Waals surface area (Å²) in [7, 11) is -2.04. The fourth-order valence-electron chi connectivity index (χ4n) is 1.98. The van der Waals surface area contributed by atoms with E-state index in [0.717, 1.165) is 6.42 Å². The van der Waals surface area contributed by atoms with E-state index < -0.39 is 10.0 Å². The first-order valence-corrected chi connectivity index (χ1v) is 8.77. The minimum atomic E-state index is -3.46. The molecule has 108 valence electrons. The van der Waals surface area contributed by atoms with Gasteiger partial charge in [-0.25, -0.2) is 13.1 Å². The summed E-state index contributed by atoms with van der Waals surface area (Å²) in [5.74, 6) is 0. The highest BCUT2D eigenvalue weighted by atomic mass is 32.2. The summed E-state index contributed by atoms with van der Waals surface area (Å²) in [6.45, 7) is 2.08. The molecule has 0 spiro atoms. The van der Waals surface area contributed by atoms with Gasteiger partial charge in [-0.3, -0.25) is 0 Å². The minimum Gasteiger partial charge on any atom is -0.376 e. The number of nitrogens with one attached hydrogen (secondary N) is 2. The normalized spacial score (nSPS) is 13.1. The lowest BCUT2D eigenvalue weighted by molar-refractivity contribution is 0.588. The largest absolute Gasteiger partial charge is 0.376 e. The van der Waals surface area contributed by atoms with Crippen molar-refractivity contribution in [1.29, 1.82) is 0 Å². The Labute approximate surface area is 123 Å². The summed E-state index contributed by atoms with van der Waals surface area (Å²) in [5.41, 5.74) is 0.627. The Morgan fingerprint density at radius 3 is 2.55 bits per heavy atom. The molecular weight excluding hydrogens is 292 g/mol. The molecule has 4 nitrogen and oxygen atoms in total. The maximum absolute atomic E-state index is 12.0. The molecule has 0 fully saturated rings. The molecule has 0 bridgehead atoms. The van der Waals surface area contributed by atoms with Gasteiger partial charge in [-0.15, -0.1) is 11.3 Å². The third kappa shape index (κ3) is 3.20. The first-order chi connectivity index (χ1) is 9.58. The fourth-order valence-corrected chi connectivity index (χ4v) is 3.74. The van der Waals surface area contributed by atoms with E-state index in [2.05, 4.69) is 23.0 Å². The Kier molecular flexibility index (Phi) is 4.80. The van der Waals surface area contributed by atoms with Crippen LogP contribution >= 0.6 is 11.3 Å². The van der Waals surface area contributed by atoms with Crippen LogP contribution in [0.3, 0.4) is 0 Å². The second-order valence-electron chi connectivity index (χ2n) is 4.32. The average molecular weight is 310 g/mol. The molecule has 0 aliphatic carbocycles. The van der Waals surface area contributed by atoms with Crippen molar-refractivity contribution in [2.75, 3.05) is 12.4 Å². The van der Waals surface area contributed by atoms with Crippen LogP contribution in [-0.2, 0) is 10.0 Å². The van der Waals surface area contributed by atoms with Crippen LogP contribution in [0.4, 0.5) is 5.69 Å². The number of benzene rings is 1. The van der Waals surface area contributed by atoms with Crippen LogP contribution in [0, 0.1) is 0 Å². The van der Waals surface area contributed by atoms with Crippen molar-refractivity contribution >= 4 is 27.0 Å². The topological polar surface area (TPSA) is 58.2 Å². The number of thiophene rings is 1. The molecule has 0 saturated carbocycles. The van der Waals surface area contributed by atoms with Crippen LogP contribution in [0.2, 0.25) is 0 Å². The lowest BCUT2D eigenvalue weighted by atomic mass is 10.1. The number of hydrogen-bond acceptors (Lipinski definition) is 4. The van der Waals surface area contributed by atoms with Gasteiger partial charge in [0.25, 0.3) is 0 Å². The lowest BCUT2D eigenvalue weighted by Gasteiger charge is -2.19. The standard InChI is InChI=1S/C14H18N2O2S2/c1-3-11(13-8-6-10-19-13)16-12-7-4-5-9-14(12)20(17,18)15-2/h4-11,15-16H,3H2,1-2H3. The number of para-hydroxylation sites is 1. The Hall–Kier alpha value is -1.37. The second-order valence-corrected chi connectivity index (χ2v) is 7.16. The van der Waals surface area contributed by atoms with E-state index in [1.807, 2.05) is 17.5 Å². The van der Waals surface area contributed by atoms with Crippen molar-refractivity contribution in [2.24, 2.45) is 0 Å². The van der Waals surface area contributed by atoms with Crippen molar-refractivity contribution in [1.82, 2.24) is 4.72 Å². The number of sulfonamides is 1. The van der Waals surface area contributed by atoms with E-state index in [1.54, 1.807) is 29.5 Å². The monoisotopic (exact) mass is 310 g/mol. The molecule has 2 N–H and O–H groups in total. The molecule has 1 aromatic carbocycles. The molecule has 0 radical (unpaired) electrons. The molecule has 1 unspecified atom stereocenters. The average Bonchev–Trinajstić information content (AvgIpc) is 2.99. The van der Waals surface area contributed by atoms with Crippen molar-refractivity contribution in [2.45, 2.75) is 24.3 Å². The van der Waals surface area contributed by atoms with E-state index in [9.17, 15) is 8.42 Å². The van der Waals surface area contributed by atoms with E-state index in [-0.39, 0.29) is 10.9 Å². The molecule has 2 aromatic rings. The molecule has 1 atom stereocenters. The van der Waals surface area contributed by atoms with Crippen LogP contribution < -0.4 is 10.0 Å². The van der Waals surface area contributed by atoms with E-state index in [0.29, 0.717) is 5.69 Å². The SMILES string of the molecule is CCC(Nc1ccccc1S(=O)(=O)NC)c1cccs1. The number of anilines is 1. The molecule has 6 heteroatoms. The summed E-state index contributed by atoms with van der Waals surface area (Å²) < 4.78 is 26.4. The van der Waals surface area contributed by atoms with Gasteiger partial charge < -0.3 is 5.32 Å². The van der Waals surface area contributed by atoms with E-state index in [1.165, 1.54) is 11.9 Å². The van der Waals surface area contributed by atoms with Crippen molar-refractivity contribution in [3.8, 4) is 0 Å². The zero-order chi connectivity index (χ0) is 14.6. The van der Waals surface area contributed by atoms with Gasteiger partial charge in [0, 0.05) is 4.88 Å². The van der Waals surface area contributed by atoms with Crippen LogP contribution in [0.15, 0.2) is 46.7 Å². The predicted molar refractivity (Wildman–Crippen MR) is 83.7 cm³/mol. The highest BCUT2D eigenvalue weighted by Crippen LogP contribution is 2.29. The molecular formula is C14H18N2O2S2. The van der Waals surface area contributed by atoms with Crippen LogP contribution in [0.5, 0.6) is 0 Å². The molecule has 0 amide bonds. The first kappa shape index (κ1) is 15.0. The van der Waals surface area contributed by atoms with E-state index >= 15 is 0 Å². The van der Waals surface area contributed by atoms with Gasteiger partial charge in [-0.05, 0) is 37.0 Å². The molecule has 1 heterocycles. The number of hydrogen-bond donors (Lipinski definition) is 2. The maximum Gasteiger partial charge on any atom is 0.242 e. The molecule has 0 saturated heterocycles. The van der Waals surface area contributed by atoms with Gasteiger partial charge >= 0.3 is 0 Å². The van der Waals surface area contributed by atoms with Crippen LogP contribution in [0.25, 0.3) is 0 Å². The summed E-state index contributed by atoms with van der Waals surface area (Å²) in [4.78, 5) is 1.47. The highest BCUT2D eigenvalue weighted by Gasteiger charge is 2.18. The zero-order valence-corrected chi connectivity index (χ0v) is 13.1. The first-order valence-electron chi connectivity index (χ1n) is 6.41. The van der Waals surface area contributed by atoms with Crippen LogP contribution in [0.1, 0.15) is 24.3 Å². The molecule has 1 aromatic heterocycles. The summed E-state index contributed by atoms with van der Waals surface area (Å²) in [6, 6.07) is 11.1.